The Kier molecular flexibility index (Phi) is 8.38. The fourth-order valence-electron chi connectivity index (χ4n) is 1.67. The van der Waals surface area contributed by atoms with Crippen LogP contribution in [0.5, 0.6) is 0 Å². The van der Waals surface area contributed by atoms with E-state index in [0.717, 1.165) is 18.5 Å². The predicted octanol–water partition coefficient (Wildman–Crippen LogP) is 1.19. The quantitative estimate of drug-likeness (QED) is 0.594. The molecule has 0 aromatic carbocycles. The van der Waals surface area contributed by atoms with Crippen LogP contribution in [0.25, 0.3) is 0 Å². The molecule has 0 aliphatic heterocycles. The molecule has 1 atom stereocenters. The van der Waals surface area contributed by atoms with Crippen molar-refractivity contribution in [3.8, 4) is 0 Å². The van der Waals surface area contributed by atoms with Crippen molar-refractivity contribution in [2.45, 2.75) is 30.2 Å². The minimum absolute atomic E-state index is 0.188. The maximum Gasteiger partial charge on any atom is 0.250 e. The third kappa shape index (κ3) is 6.41. The first kappa shape index (κ1) is 18.5. The molecular weight excluding hydrogens is 312 g/mol. The van der Waals surface area contributed by atoms with Gasteiger partial charge in [-0.1, -0.05) is 6.92 Å². The number of methoxy groups -OCH3 is 2. The molecule has 1 unspecified atom stereocenters. The molecule has 1 rings (SSSR count). The van der Waals surface area contributed by atoms with E-state index in [1.165, 1.54) is 18.4 Å². The molecule has 1 heterocycles. The van der Waals surface area contributed by atoms with Gasteiger partial charge < -0.3 is 14.8 Å². The van der Waals surface area contributed by atoms with E-state index < -0.39 is 10.0 Å². The Balaban J connectivity index is 2.57. The van der Waals surface area contributed by atoms with Crippen LogP contribution in [0, 0.1) is 0 Å². The van der Waals surface area contributed by atoms with Gasteiger partial charge >= 0.3 is 0 Å². The van der Waals surface area contributed by atoms with Gasteiger partial charge in [0.15, 0.2) is 0 Å². The van der Waals surface area contributed by atoms with Gasteiger partial charge in [0.2, 0.25) is 10.0 Å². The second-order valence-corrected chi connectivity index (χ2v) is 7.52. The zero-order chi connectivity index (χ0) is 15.7. The van der Waals surface area contributed by atoms with Gasteiger partial charge in [0.05, 0.1) is 12.7 Å². The number of rotatable bonds is 11. The van der Waals surface area contributed by atoms with Gasteiger partial charge in [0.1, 0.15) is 4.21 Å². The summed E-state index contributed by atoms with van der Waals surface area (Å²) < 4.78 is 37.3. The van der Waals surface area contributed by atoms with Crippen LogP contribution < -0.4 is 10.0 Å². The lowest BCUT2D eigenvalue weighted by atomic mass is 10.3. The van der Waals surface area contributed by atoms with Crippen molar-refractivity contribution < 1.29 is 17.9 Å². The van der Waals surface area contributed by atoms with Gasteiger partial charge in [-0.15, -0.1) is 11.3 Å². The smallest absolute Gasteiger partial charge is 0.250 e. The minimum Gasteiger partial charge on any atom is -0.382 e. The summed E-state index contributed by atoms with van der Waals surface area (Å²) in [7, 11) is -0.409. The maximum absolute atomic E-state index is 12.2. The first-order chi connectivity index (χ1) is 10.0. The molecule has 0 saturated carbocycles. The van der Waals surface area contributed by atoms with Crippen LogP contribution in [0.3, 0.4) is 0 Å². The summed E-state index contributed by atoms with van der Waals surface area (Å²) in [6.07, 6.45) is 0.754. The Hall–Kier alpha value is -0.510. The van der Waals surface area contributed by atoms with Crippen molar-refractivity contribution in [3.05, 3.63) is 17.0 Å². The molecule has 8 heteroatoms. The molecular formula is C13H24N2O4S2. The van der Waals surface area contributed by atoms with Crippen molar-refractivity contribution in [1.82, 2.24) is 10.0 Å². The lowest BCUT2D eigenvalue weighted by molar-refractivity contribution is 0.0320. The average molecular weight is 336 g/mol. The molecule has 0 amide bonds. The Bertz CT molecular complexity index is 502. The molecule has 1 aromatic heterocycles. The molecule has 0 bridgehead atoms. The van der Waals surface area contributed by atoms with Crippen molar-refractivity contribution >= 4 is 21.4 Å². The van der Waals surface area contributed by atoms with Gasteiger partial charge in [0.25, 0.3) is 0 Å². The fourth-order valence-corrected chi connectivity index (χ4v) is 3.99. The topological polar surface area (TPSA) is 76.7 Å². The van der Waals surface area contributed by atoms with Crippen LogP contribution >= 0.6 is 11.3 Å². The first-order valence-corrected chi connectivity index (χ1v) is 9.19. The highest BCUT2D eigenvalue weighted by atomic mass is 32.2. The Morgan fingerprint density at radius 1 is 1.38 bits per heavy atom. The molecule has 21 heavy (non-hydrogen) atoms. The molecule has 2 N–H and O–H groups in total. The van der Waals surface area contributed by atoms with Gasteiger partial charge in [-0.3, -0.25) is 0 Å². The third-order valence-electron chi connectivity index (χ3n) is 2.84. The number of sulfonamides is 1. The normalized spacial score (nSPS) is 13.5. The number of ether oxygens (including phenoxy) is 2. The van der Waals surface area contributed by atoms with E-state index in [0.29, 0.717) is 17.4 Å². The van der Waals surface area contributed by atoms with Gasteiger partial charge in [-0.2, -0.15) is 0 Å². The lowest BCUT2D eigenvalue weighted by Gasteiger charge is -2.14. The fraction of sp³-hybridized carbons (Fsp3) is 0.692. The van der Waals surface area contributed by atoms with Crippen LogP contribution in [0.1, 0.15) is 18.9 Å². The average Bonchev–Trinajstić information content (AvgIpc) is 2.93. The van der Waals surface area contributed by atoms with Gasteiger partial charge in [-0.05, 0) is 30.0 Å². The van der Waals surface area contributed by atoms with Crippen LogP contribution in [-0.4, -0.2) is 48.4 Å². The third-order valence-corrected chi connectivity index (χ3v) is 5.75. The maximum atomic E-state index is 12.2. The van der Waals surface area contributed by atoms with Crippen LogP contribution in [0.15, 0.2) is 15.7 Å². The molecule has 1 aromatic rings. The van der Waals surface area contributed by atoms with Crippen LogP contribution in [0.4, 0.5) is 0 Å². The van der Waals surface area contributed by atoms with Gasteiger partial charge in [-0.25, -0.2) is 13.1 Å². The second-order valence-electron chi connectivity index (χ2n) is 4.62. The Labute approximate surface area is 130 Å². The van der Waals surface area contributed by atoms with Crippen molar-refractivity contribution in [1.29, 1.82) is 0 Å². The minimum atomic E-state index is -3.49. The summed E-state index contributed by atoms with van der Waals surface area (Å²) in [4.78, 5) is 0. The molecule has 0 saturated heterocycles. The Morgan fingerprint density at radius 3 is 2.76 bits per heavy atom. The van der Waals surface area contributed by atoms with E-state index in [4.69, 9.17) is 9.47 Å². The monoisotopic (exact) mass is 336 g/mol. The number of thiophene rings is 1. The Morgan fingerprint density at radius 2 is 2.14 bits per heavy atom. The van der Waals surface area contributed by atoms with Crippen molar-refractivity contribution in [2.75, 3.05) is 33.9 Å². The van der Waals surface area contributed by atoms with Crippen molar-refractivity contribution in [3.63, 3.8) is 0 Å². The van der Waals surface area contributed by atoms with E-state index in [1.807, 2.05) is 5.38 Å². The molecule has 0 aliphatic rings. The SMILES string of the molecule is CCCNCc1csc(S(=O)(=O)NCC(COC)OC)c1. The standard InChI is InChI=1S/C13H24N2O4S2/c1-4-5-14-7-11-6-13(20-10-11)21(16,17)15-8-12(19-3)9-18-2/h6,10,12,14-15H,4-5,7-9H2,1-3H3. The highest BCUT2D eigenvalue weighted by Crippen LogP contribution is 2.20. The molecule has 0 radical (unpaired) electrons. The van der Waals surface area contributed by atoms with E-state index in [2.05, 4.69) is 17.0 Å². The second kappa shape index (κ2) is 9.50. The van der Waals surface area contributed by atoms with Crippen molar-refractivity contribution in [2.24, 2.45) is 0 Å². The zero-order valence-electron chi connectivity index (χ0n) is 12.7. The molecule has 122 valence electrons. The largest absolute Gasteiger partial charge is 0.382 e. The predicted molar refractivity (Wildman–Crippen MR) is 84.2 cm³/mol. The van der Waals surface area contributed by atoms with E-state index >= 15 is 0 Å². The molecule has 0 spiro atoms. The van der Waals surface area contributed by atoms with E-state index in [1.54, 1.807) is 13.2 Å². The molecule has 0 fully saturated rings. The summed E-state index contributed by atoms with van der Waals surface area (Å²) in [5.74, 6) is 0. The van der Waals surface area contributed by atoms with E-state index in [9.17, 15) is 8.42 Å². The summed E-state index contributed by atoms with van der Waals surface area (Å²) >= 11 is 1.22. The molecule has 0 aliphatic carbocycles. The summed E-state index contributed by atoms with van der Waals surface area (Å²) in [6, 6.07) is 1.70. The van der Waals surface area contributed by atoms with Gasteiger partial charge in [0, 0.05) is 27.3 Å². The number of hydrogen-bond acceptors (Lipinski definition) is 6. The number of nitrogens with one attached hydrogen (secondary N) is 2. The number of hydrogen-bond donors (Lipinski definition) is 2. The highest BCUT2D eigenvalue weighted by molar-refractivity contribution is 7.91. The lowest BCUT2D eigenvalue weighted by Crippen LogP contribution is -2.35. The summed E-state index contributed by atoms with van der Waals surface area (Å²) in [5.41, 5.74) is 0.981. The first-order valence-electron chi connectivity index (χ1n) is 6.83. The van der Waals surface area contributed by atoms with E-state index in [-0.39, 0.29) is 12.6 Å². The highest BCUT2D eigenvalue weighted by Gasteiger charge is 2.18. The van der Waals surface area contributed by atoms with Crippen LogP contribution in [0.2, 0.25) is 0 Å². The summed E-state index contributed by atoms with van der Waals surface area (Å²) in [6.45, 7) is 4.23. The van der Waals surface area contributed by atoms with Crippen LogP contribution in [-0.2, 0) is 26.0 Å². The zero-order valence-corrected chi connectivity index (χ0v) is 14.4. The molecule has 6 nitrogen and oxygen atoms in total. The summed E-state index contributed by atoms with van der Waals surface area (Å²) in [5, 5.41) is 5.11.